The number of hydrogen-bond donors (Lipinski definition) is 4. The lowest BCUT2D eigenvalue weighted by Gasteiger charge is -2.31. The number of aliphatic hydroxyl groups is 4. The fraction of sp³-hybridized carbons (Fsp3) is 0.520. The fourth-order valence-corrected chi connectivity index (χ4v) is 3.64. The van der Waals surface area contributed by atoms with Crippen LogP contribution in [-0.4, -0.2) is 47.9 Å². The largest absolute Gasteiger partial charge is 0.496 e. The highest BCUT2D eigenvalue weighted by Gasteiger charge is 2.33. The van der Waals surface area contributed by atoms with E-state index in [4.69, 9.17) is 9.47 Å². The average Bonchev–Trinajstić information content (AvgIpc) is 2.77. The minimum atomic E-state index is -0.909. The summed E-state index contributed by atoms with van der Waals surface area (Å²) in [6.07, 6.45) is -1.37. The molecule has 2 aromatic carbocycles. The van der Waals surface area contributed by atoms with Crippen molar-refractivity contribution in [1.29, 1.82) is 0 Å². The maximum absolute atomic E-state index is 10.9. The van der Waals surface area contributed by atoms with Crippen LogP contribution >= 0.6 is 0 Å². The lowest BCUT2D eigenvalue weighted by atomic mass is 9.81. The Kier molecular flexibility index (Phi) is 8.11. The third-order valence-corrected chi connectivity index (χ3v) is 5.93. The second-order valence-corrected chi connectivity index (χ2v) is 9.35. The maximum atomic E-state index is 10.9. The predicted molar refractivity (Wildman–Crippen MR) is 120 cm³/mol. The van der Waals surface area contributed by atoms with Crippen molar-refractivity contribution >= 4 is 0 Å². The molecule has 2 atom stereocenters. The van der Waals surface area contributed by atoms with Gasteiger partial charge in [-0.15, -0.1) is 0 Å². The zero-order chi connectivity index (χ0) is 23.4. The zero-order valence-corrected chi connectivity index (χ0v) is 19.3. The van der Waals surface area contributed by atoms with Crippen molar-refractivity contribution in [3.05, 3.63) is 58.7 Å². The third kappa shape index (κ3) is 5.21. The van der Waals surface area contributed by atoms with Gasteiger partial charge in [0.25, 0.3) is 0 Å². The van der Waals surface area contributed by atoms with Crippen LogP contribution in [0.5, 0.6) is 11.5 Å². The Bertz CT molecular complexity index is 803. The van der Waals surface area contributed by atoms with Gasteiger partial charge in [0.2, 0.25) is 0 Å². The van der Waals surface area contributed by atoms with E-state index in [2.05, 4.69) is 0 Å². The Morgan fingerprint density at radius 2 is 1.06 bits per heavy atom. The summed E-state index contributed by atoms with van der Waals surface area (Å²) >= 11 is 0. The standard InChI is InChI=1S/C25H36O6/c1-24(2,14-26)22(28)18-11-7-9-16(20(18)30-5)13-17-10-8-12-19(21(17)31-6)23(29)25(3,4)15-27/h7-12,22-23,26-29H,13-15H2,1-6H3. The summed E-state index contributed by atoms with van der Waals surface area (Å²) in [5.41, 5.74) is 1.44. The van der Waals surface area contributed by atoms with Crippen LogP contribution in [0.25, 0.3) is 0 Å². The summed E-state index contributed by atoms with van der Waals surface area (Å²) in [6.45, 7) is 6.83. The summed E-state index contributed by atoms with van der Waals surface area (Å²) in [7, 11) is 3.12. The van der Waals surface area contributed by atoms with Gasteiger partial charge in [0.05, 0.1) is 39.6 Å². The molecular weight excluding hydrogens is 396 g/mol. The van der Waals surface area contributed by atoms with Crippen molar-refractivity contribution < 1.29 is 29.9 Å². The van der Waals surface area contributed by atoms with Crippen LogP contribution in [0.4, 0.5) is 0 Å². The molecule has 4 N–H and O–H groups in total. The van der Waals surface area contributed by atoms with Crippen LogP contribution < -0.4 is 9.47 Å². The normalized spacial score (nSPS) is 14.3. The molecule has 2 unspecified atom stereocenters. The van der Waals surface area contributed by atoms with Crippen LogP contribution in [0.1, 0.15) is 62.2 Å². The molecule has 0 amide bonds. The van der Waals surface area contributed by atoms with E-state index >= 15 is 0 Å². The SMILES string of the molecule is COc1c(Cc2cccc(C(O)C(C)(C)CO)c2OC)cccc1C(O)C(C)(C)CO. The second-order valence-electron chi connectivity index (χ2n) is 9.35. The molecule has 2 aromatic rings. The van der Waals surface area contributed by atoms with E-state index in [0.717, 1.165) is 11.1 Å². The Hall–Kier alpha value is -2.12. The zero-order valence-electron chi connectivity index (χ0n) is 19.3. The van der Waals surface area contributed by atoms with Crippen LogP contribution in [0.3, 0.4) is 0 Å². The summed E-state index contributed by atoms with van der Waals surface area (Å²) < 4.78 is 11.3. The van der Waals surface area contributed by atoms with Gasteiger partial charge in [-0.3, -0.25) is 0 Å². The lowest BCUT2D eigenvalue weighted by Crippen LogP contribution is -2.26. The highest BCUT2D eigenvalue weighted by atomic mass is 16.5. The molecule has 6 heteroatoms. The molecule has 31 heavy (non-hydrogen) atoms. The molecule has 172 valence electrons. The quantitative estimate of drug-likeness (QED) is 0.459. The lowest BCUT2D eigenvalue weighted by molar-refractivity contribution is 0.00495. The van der Waals surface area contributed by atoms with E-state index in [1.54, 1.807) is 54.0 Å². The van der Waals surface area contributed by atoms with E-state index < -0.39 is 23.0 Å². The molecule has 0 heterocycles. The number of para-hydroxylation sites is 2. The van der Waals surface area contributed by atoms with Gasteiger partial charge in [0, 0.05) is 28.4 Å². The summed E-state index contributed by atoms with van der Waals surface area (Å²) in [5, 5.41) is 41.1. The minimum Gasteiger partial charge on any atom is -0.496 e. The number of hydrogen-bond acceptors (Lipinski definition) is 6. The molecule has 0 aromatic heterocycles. The van der Waals surface area contributed by atoms with E-state index in [1.165, 1.54) is 0 Å². The minimum absolute atomic E-state index is 0.171. The number of benzene rings is 2. The van der Waals surface area contributed by atoms with Crippen molar-refractivity contribution in [2.45, 2.75) is 46.3 Å². The second kappa shape index (κ2) is 10.0. The van der Waals surface area contributed by atoms with Crippen molar-refractivity contribution in [2.75, 3.05) is 27.4 Å². The van der Waals surface area contributed by atoms with E-state index in [-0.39, 0.29) is 13.2 Å². The number of methoxy groups -OCH3 is 2. The first-order valence-corrected chi connectivity index (χ1v) is 10.4. The molecule has 0 spiro atoms. The smallest absolute Gasteiger partial charge is 0.128 e. The molecule has 0 bridgehead atoms. The van der Waals surface area contributed by atoms with E-state index in [9.17, 15) is 20.4 Å². The first kappa shape index (κ1) is 25.1. The maximum Gasteiger partial charge on any atom is 0.128 e. The number of rotatable bonds is 10. The summed E-state index contributed by atoms with van der Waals surface area (Å²) in [4.78, 5) is 0. The Labute approximate surface area is 185 Å². The topological polar surface area (TPSA) is 99.4 Å². The monoisotopic (exact) mass is 432 g/mol. The van der Waals surface area contributed by atoms with Crippen molar-refractivity contribution in [1.82, 2.24) is 0 Å². The van der Waals surface area contributed by atoms with Gasteiger partial charge in [-0.05, 0) is 11.1 Å². The summed E-state index contributed by atoms with van der Waals surface area (Å²) in [6, 6.07) is 11.1. The molecule has 0 aliphatic heterocycles. The molecule has 0 aliphatic rings. The molecule has 0 saturated carbocycles. The number of aliphatic hydroxyl groups excluding tert-OH is 4. The van der Waals surface area contributed by atoms with Gasteiger partial charge in [-0.25, -0.2) is 0 Å². The Morgan fingerprint density at radius 1 is 0.710 bits per heavy atom. The van der Waals surface area contributed by atoms with E-state index in [1.807, 2.05) is 24.3 Å². The van der Waals surface area contributed by atoms with Gasteiger partial charge in [0.1, 0.15) is 11.5 Å². The first-order valence-electron chi connectivity index (χ1n) is 10.4. The molecule has 0 radical (unpaired) electrons. The highest BCUT2D eigenvalue weighted by Crippen LogP contribution is 2.42. The van der Waals surface area contributed by atoms with Crippen molar-refractivity contribution in [3.63, 3.8) is 0 Å². The molecule has 0 fully saturated rings. The van der Waals surface area contributed by atoms with Gasteiger partial charge >= 0.3 is 0 Å². The van der Waals surface area contributed by atoms with Crippen molar-refractivity contribution in [2.24, 2.45) is 10.8 Å². The van der Waals surface area contributed by atoms with Crippen molar-refractivity contribution in [3.8, 4) is 11.5 Å². The van der Waals surface area contributed by atoms with Crippen LogP contribution in [0, 0.1) is 10.8 Å². The molecule has 0 aliphatic carbocycles. The van der Waals surface area contributed by atoms with E-state index in [0.29, 0.717) is 29.0 Å². The predicted octanol–water partition coefficient (Wildman–Crippen LogP) is 3.40. The molecule has 6 nitrogen and oxygen atoms in total. The van der Waals surface area contributed by atoms with Gasteiger partial charge in [-0.2, -0.15) is 0 Å². The third-order valence-electron chi connectivity index (χ3n) is 5.93. The number of ether oxygens (including phenoxy) is 2. The Morgan fingerprint density at radius 3 is 1.35 bits per heavy atom. The van der Waals surface area contributed by atoms with Crippen LogP contribution in [0.15, 0.2) is 36.4 Å². The fourth-order valence-electron chi connectivity index (χ4n) is 3.64. The molecule has 2 rings (SSSR count). The average molecular weight is 433 g/mol. The molecule has 0 saturated heterocycles. The highest BCUT2D eigenvalue weighted by molar-refractivity contribution is 5.50. The first-order chi connectivity index (χ1) is 14.5. The van der Waals surface area contributed by atoms with Gasteiger partial charge in [-0.1, -0.05) is 64.1 Å². The van der Waals surface area contributed by atoms with Gasteiger partial charge < -0.3 is 29.9 Å². The van der Waals surface area contributed by atoms with Gasteiger partial charge in [0.15, 0.2) is 0 Å². The van der Waals surface area contributed by atoms with Crippen LogP contribution in [-0.2, 0) is 6.42 Å². The Balaban J connectivity index is 2.52. The molecular formula is C25H36O6. The summed E-state index contributed by atoms with van der Waals surface area (Å²) in [5.74, 6) is 1.11. The van der Waals surface area contributed by atoms with Crippen LogP contribution in [0.2, 0.25) is 0 Å².